The van der Waals surface area contributed by atoms with Crippen molar-refractivity contribution < 1.29 is 5.11 Å². The van der Waals surface area contributed by atoms with Gasteiger partial charge in [-0.1, -0.05) is 0 Å². The fraction of sp³-hybridized carbons (Fsp3) is 0.111. The van der Waals surface area contributed by atoms with Gasteiger partial charge in [0.15, 0.2) is 0 Å². The largest absolute Gasteiger partial charge is 0.507 e. The van der Waals surface area contributed by atoms with Crippen molar-refractivity contribution in [1.82, 2.24) is 0 Å². The van der Waals surface area contributed by atoms with E-state index < -0.39 is 0 Å². The normalized spacial score (nSPS) is 10.9. The standard InChI is InChI=1S/C9H8OS3/c1-12-8-4-5-6(10)2-3-7(11)9(5)13-8/h2-4,10-11H,1H3. The lowest BCUT2D eigenvalue weighted by molar-refractivity contribution is 0.481. The molecule has 0 saturated heterocycles. The van der Waals surface area contributed by atoms with Crippen LogP contribution in [-0.2, 0) is 0 Å². The molecule has 0 radical (unpaired) electrons. The van der Waals surface area contributed by atoms with E-state index in [-0.39, 0.29) is 0 Å². The molecule has 0 bridgehead atoms. The topological polar surface area (TPSA) is 20.2 Å². The van der Waals surface area contributed by atoms with E-state index in [1.54, 1.807) is 29.2 Å². The van der Waals surface area contributed by atoms with E-state index in [1.807, 2.05) is 18.4 Å². The Morgan fingerprint density at radius 3 is 2.85 bits per heavy atom. The summed E-state index contributed by atoms with van der Waals surface area (Å²) >= 11 is 7.69. The molecule has 68 valence electrons. The van der Waals surface area contributed by atoms with Crippen molar-refractivity contribution in [3.8, 4) is 5.75 Å². The van der Waals surface area contributed by atoms with Gasteiger partial charge < -0.3 is 5.11 Å². The number of thiophene rings is 1. The minimum atomic E-state index is 0.337. The summed E-state index contributed by atoms with van der Waals surface area (Å²) in [5, 5.41) is 10.5. The van der Waals surface area contributed by atoms with Crippen molar-refractivity contribution in [2.45, 2.75) is 9.10 Å². The van der Waals surface area contributed by atoms with Gasteiger partial charge in [-0.15, -0.1) is 35.7 Å². The van der Waals surface area contributed by atoms with Crippen molar-refractivity contribution >= 4 is 45.8 Å². The van der Waals surface area contributed by atoms with Crippen molar-refractivity contribution in [3.05, 3.63) is 18.2 Å². The maximum absolute atomic E-state index is 9.57. The molecule has 4 heteroatoms. The molecule has 13 heavy (non-hydrogen) atoms. The van der Waals surface area contributed by atoms with Crippen LogP contribution in [0.25, 0.3) is 10.1 Å². The number of aromatic hydroxyl groups is 1. The predicted octanol–water partition coefficient (Wildman–Crippen LogP) is 3.62. The molecule has 0 atom stereocenters. The number of thiol groups is 1. The third-order valence-electron chi connectivity index (χ3n) is 1.82. The first-order chi connectivity index (χ1) is 6.22. The van der Waals surface area contributed by atoms with E-state index in [0.717, 1.165) is 15.0 Å². The number of thioether (sulfide) groups is 1. The van der Waals surface area contributed by atoms with Gasteiger partial charge in [-0.25, -0.2) is 0 Å². The lowest BCUT2D eigenvalue weighted by Crippen LogP contribution is -1.67. The van der Waals surface area contributed by atoms with Gasteiger partial charge in [0.05, 0.1) is 8.91 Å². The molecule has 0 saturated carbocycles. The number of fused-ring (bicyclic) bond motifs is 1. The molecule has 1 heterocycles. The molecule has 2 rings (SSSR count). The molecule has 0 aliphatic heterocycles. The second-order valence-electron chi connectivity index (χ2n) is 2.62. The van der Waals surface area contributed by atoms with E-state index in [1.165, 1.54) is 4.21 Å². The summed E-state index contributed by atoms with van der Waals surface area (Å²) in [6.07, 6.45) is 2.03. The smallest absolute Gasteiger partial charge is 0.124 e. The molecular weight excluding hydrogens is 220 g/mol. The van der Waals surface area contributed by atoms with Crippen LogP contribution < -0.4 is 0 Å². The van der Waals surface area contributed by atoms with Crippen LogP contribution >= 0.6 is 35.7 Å². The summed E-state index contributed by atoms with van der Waals surface area (Å²) in [5.74, 6) is 0.337. The molecule has 1 N–H and O–H groups in total. The number of phenolic OH excluding ortho intramolecular Hbond substituents is 1. The SMILES string of the molecule is CSc1cc2c(O)ccc(S)c2s1. The highest BCUT2D eigenvalue weighted by Crippen LogP contribution is 2.39. The number of rotatable bonds is 1. The van der Waals surface area contributed by atoms with Gasteiger partial charge in [-0.05, 0) is 24.5 Å². The molecule has 0 spiro atoms. The molecule has 0 amide bonds. The number of hydrogen-bond donors (Lipinski definition) is 2. The van der Waals surface area contributed by atoms with Crippen molar-refractivity contribution in [1.29, 1.82) is 0 Å². The highest BCUT2D eigenvalue weighted by atomic mass is 32.2. The van der Waals surface area contributed by atoms with Crippen LogP contribution in [0.4, 0.5) is 0 Å². The summed E-state index contributed by atoms with van der Waals surface area (Å²) in [5.41, 5.74) is 0. The van der Waals surface area contributed by atoms with Gasteiger partial charge in [-0.3, -0.25) is 0 Å². The molecular formula is C9H8OS3. The molecule has 0 unspecified atom stereocenters. The Labute approximate surface area is 90.2 Å². The fourth-order valence-electron chi connectivity index (χ4n) is 1.17. The lowest BCUT2D eigenvalue weighted by Gasteiger charge is -1.95. The minimum absolute atomic E-state index is 0.337. The van der Waals surface area contributed by atoms with Crippen molar-refractivity contribution in [2.75, 3.05) is 6.26 Å². The molecule has 2 aromatic rings. The lowest BCUT2D eigenvalue weighted by atomic mass is 10.2. The van der Waals surface area contributed by atoms with E-state index in [2.05, 4.69) is 12.6 Å². The predicted molar refractivity (Wildman–Crippen MR) is 62.5 cm³/mol. The fourth-order valence-corrected chi connectivity index (χ4v) is 3.15. The zero-order chi connectivity index (χ0) is 9.42. The summed E-state index contributed by atoms with van der Waals surface area (Å²) in [6, 6.07) is 5.50. The van der Waals surface area contributed by atoms with E-state index in [9.17, 15) is 5.11 Å². The van der Waals surface area contributed by atoms with Gasteiger partial charge in [0.25, 0.3) is 0 Å². The van der Waals surface area contributed by atoms with E-state index >= 15 is 0 Å². The van der Waals surface area contributed by atoms with Gasteiger partial charge >= 0.3 is 0 Å². The van der Waals surface area contributed by atoms with Gasteiger partial charge in [-0.2, -0.15) is 0 Å². The summed E-state index contributed by atoms with van der Waals surface area (Å²) in [6.45, 7) is 0. The molecule has 1 aromatic carbocycles. The Hall–Kier alpha value is -0.320. The Balaban J connectivity index is 2.80. The summed E-state index contributed by atoms with van der Waals surface area (Å²) < 4.78 is 2.26. The number of phenols is 1. The third-order valence-corrected chi connectivity index (χ3v) is 4.58. The van der Waals surface area contributed by atoms with Crippen LogP contribution in [-0.4, -0.2) is 11.4 Å². The maximum atomic E-state index is 9.57. The maximum Gasteiger partial charge on any atom is 0.124 e. The highest BCUT2D eigenvalue weighted by Gasteiger charge is 2.07. The first-order valence-corrected chi connectivity index (χ1v) is 6.19. The highest BCUT2D eigenvalue weighted by molar-refractivity contribution is 8.00. The summed E-state index contributed by atoms with van der Waals surface area (Å²) in [7, 11) is 0. The van der Waals surface area contributed by atoms with Crippen molar-refractivity contribution in [3.63, 3.8) is 0 Å². The van der Waals surface area contributed by atoms with Gasteiger partial charge in [0, 0.05) is 10.3 Å². The Morgan fingerprint density at radius 1 is 1.46 bits per heavy atom. The zero-order valence-corrected chi connectivity index (χ0v) is 9.47. The number of hydrogen-bond acceptors (Lipinski definition) is 4. The first-order valence-electron chi connectivity index (χ1n) is 3.71. The third kappa shape index (κ3) is 1.54. The molecule has 0 aliphatic rings. The average molecular weight is 228 g/mol. The Kier molecular flexibility index (Phi) is 2.45. The summed E-state index contributed by atoms with van der Waals surface area (Å²) in [4.78, 5) is 0.929. The van der Waals surface area contributed by atoms with Crippen LogP contribution in [0.2, 0.25) is 0 Å². The van der Waals surface area contributed by atoms with Crippen LogP contribution in [0.3, 0.4) is 0 Å². The quantitative estimate of drug-likeness (QED) is 0.574. The van der Waals surface area contributed by atoms with Crippen LogP contribution in [0.15, 0.2) is 27.3 Å². The molecule has 1 nitrogen and oxygen atoms in total. The first kappa shape index (κ1) is 9.24. The van der Waals surface area contributed by atoms with Crippen LogP contribution in [0, 0.1) is 0 Å². The molecule has 0 aliphatic carbocycles. The number of benzene rings is 1. The second kappa shape index (κ2) is 3.44. The van der Waals surface area contributed by atoms with Crippen LogP contribution in [0.1, 0.15) is 0 Å². The van der Waals surface area contributed by atoms with Gasteiger partial charge in [0.2, 0.25) is 0 Å². The second-order valence-corrected chi connectivity index (χ2v) is 5.26. The van der Waals surface area contributed by atoms with E-state index in [4.69, 9.17) is 0 Å². The van der Waals surface area contributed by atoms with Crippen molar-refractivity contribution in [2.24, 2.45) is 0 Å². The Morgan fingerprint density at radius 2 is 2.23 bits per heavy atom. The molecule has 0 fully saturated rings. The molecule has 1 aromatic heterocycles. The monoisotopic (exact) mass is 228 g/mol. The average Bonchev–Trinajstić information content (AvgIpc) is 2.56. The zero-order valence-electron chi connectivity index (χ0n) is 6.94. The van der Waals surface area contributed by atoms with Crippen LogP contribution in [0.5, 0.6) is 5.75 Å². The minimum Gasteiger partial charge on any atom is -0.507 e. The van der Waals surface area contributed by atoms with Gasteiger partial charge in [0.1, 0.15) is 5.75 Å². The Bertz CT molecular complexity index is 408. The van der Waals surface area contributed by atoms with E-state index in [0.29, 0.717) is 5.75 Å².